The zero-order chi connectivity index (χ0) is 26.2. The summed E-state index contributed by atoms with van der Waals surface area (Å²) in [6.45, 7) is 2.18. The lowest BCUT2D eigenvalue weighted by Gasteiger charge is -2.22. The number of aryl methyl sites for hydroxylation is 1. The average molecular weight is 521 g/mol. The predicted molar refractivity (Wildman–Crippen MR) is 111 cm³/mol. The number of rotatable bonds is 4. The number of imide groups is 1. The van der Waals surface area contributed by atoms with Crippen LogP contribution < -0.4 is 4.90 Å². The highest BCUT2D eigenvalue weighted by Gasteiger charge is 2.65. The van der Waals surface area contributed by atoms with Gasteiger partial charge in [-0.2, -0.15) is 26.3 Å². The topological polar surface area (TPSA) is 90.8 Å². The van der Waals surface area contributed by atoms with E-state index in [2.05, 4.69) is 4.98 Å². The minimum atomic E-state index is -5.08. The summed E-state index contributed by atoms with van der Waals surface area (Å²) in [5.41, 5.74) is -3.13. The Morgan fingerprint density at radius 3 is 2.11 bits per heavy atom. The monoisotopic (exact) mass is 521 g/mol. The highest BCUT2D eigenvalue weighted by atomic mass is 32.2. The number of carbonyl (C=O) groups excluding carboxylic acids is 2. The molecule has 1 aliphatic heterocycles. The van der Waals surface area contributed by atoms with Gasteiger partial charge in [0.1, 0.15) is 5.54 Å². The zero-order valence-corrected chi connectivity index (χ0v) is 18.7. The van der Waals surface area contributed by atoms with Gasteiger partial charge in [0, 0.05) is 23.8 Å². The van der Waals surface area contributed by atoms with Crippen molar-refractivity contribution < 1.29 is 45.8 Å². The number of nitrogens with zero attached hydrogens (tertiary/aromatic N) is 3. The molecule has 1 saturated carbocycles. The summed E-state index contributed by atoms with van der Waals surface area (Å²) >= 11 is -0.235. The van der Waals surface area contributed by atoms with Gasteiger partial charge in [-0.3, -0.25) is 9.78 Å². The van der Waals surface area contributed by atoms with E-state index >= 15 is 0 Å². The lowest BCUT2D eigenvalue weighted by molar-refractivity contribution is -0.192. The first-order chi connectivity index (χ1) is 16.2. The Morgan fingerprint density at radius 2 is 1.66 bits per heavy atom. The molecule has 4 rings (SSSR count). The summed E-state index contributed by atoms with van der Waals surface area (Å²) in [7, 11) is 0. The Morgan fingerprint density at radius 1 is 1.09 bits per heavy atom. The second kappa shape index (κ2) is 9.40. The average Bonchev–Trinajstić information content (AvgIpc) is 3.51. The molecule has 0 radical (unpaired) electrons. The van der Waals surface area contributed by atoms with Crippen LogP contribution in [0.1, 0.15) is 24.0 Å². The van der Waals surface area contributed by atoms with E-state index in [1.54, 1.807) is 17.3 Å². The Kier molecular flexibility index (Phi) is 7.07. The summed E-state index contributed by atoms with van der Waals surface area (Å²) in [5.74, 6) is -3.08. The maximum atomic E-state index is 13.0. The Labute approximate surface area is 198 Å². The van der Waals surface area contributed by atoms with Gasteiger partial charge in [-0.05, 0) is 73.0 Å². The molecular formula is C21H17F6N3O4S. The van der Waals surface area contributed by atoms with Crippen LogP contribution >= 0.6 is 11.8 Å². The molecule has 1 aromatic heterocycles. The van der Waals surface area contributed by atoms with E-state index in [0.29, 0.717) is 12.8 Å². The molecule has 1 saturated heterocycles. The fourth-order valence-corrected chi connectivity index (χ4v) is 3.95. The van der Waals surface area contributed by atoms with Crippen LogP contribution in [0.15, 0.2) is 47.6 Å². The van der Waals surface area contributed by atoms with Gasteiger partial charge >= 0.3 is 23.7 Å². The van der Waals surface area contributed by atoms with Crippen LogP contribution in [0, 0.1) is 6.92 Å². The second-order valence-electron chi connectivity index (χ2n) is 7.69. The van der Waals surface area contributed by atoms with Crippen molar-refractivity contribution in [1.82, 2.24) is 9.88 Å². The van der Waals surface area contributed by atoms with Crippen LogP contribution in [0.25, 0.3) is 0 Å². The number of urea groups is 1. The molecule has 2 aromatic rings. The molecule has 35 heavy (non-hydrogen) atoms. The van der Waals surface area contributed by atoms with Crippen molar-refractivity contribution in [1.29, 1.82) is 0 Å². The van der Waals surface area contributed by atoms with Crippen LogP contribution in [-0.2, 0) is 16.1 Å². The summed E-state index contributed by atoms with van der Waals surface area (Å²) < 4.78 is 69.2. The van der Waals surface area contributed by atoms with Crippen molar-refractivity contribution in [2.45, 2.75) is 48.4 Å². The molecule has 0 atom stereocenters. The molecule has 0 unspecified atom stereocenters. The van der Waals surface area contributed by atoms with Gasteiger partial charge in [0.15, 0.2) is 0 Å². The lowest BCUT2D eigenvalue weighted by atomic mass is 10.1. The third kappa shape index (κ3) is 5.86. The number of alkyl halides is 6. The molecule has 2 heterocycles. The molecule has 7 nitrogen and oxygen atoms in total. The minimum absolute atomic E-state index is 0.000691. The smallest absolute Gasteiger partial charge is 0.475 e. The van der Waals surface area contributed by atoms with E-state index in [1.807, 2.05) is 13.0 Å². The number of carboxylic acids is 1. The van der Waals surface area contributed by atoms with E-state index in [1.165, 1.54) is 24.3 Å². The Balaban J connectivity index is 0.000000429. The van der Waals surface area contributed by atoms with Gasteiger partial charge in [0.05, 0.1) is 5.69 Å². The molecule has 2 fully saturated rings. The summed E-state index contributed by atoms with van der Waals surface area (Å²) in [6, 6.07) is 6.65. The molecule has 188 valence electrons. The van der Waals surface area contributed by atoms with Gasteiger partial charge in [-0.25, -0.2) is 14.5 Å². The summed E-state index contributed by atoms with van der Waals surface area (Å²) in [6.07, 6.45) is -0.578. The summed E-state index contributed by atoms with van der Waals surface area (Å²) in [4.78, 5) is 41.6. The number of aromatic nitrogens is 1. The molecule has 1 aliphatic carbocycles. The first-order valence-electron chi connectivity index (χ1n) is 9.87. The van der Waals surface area contributed by atoms with E-state index in [4.69, 9.17) is 9.90 Å². The molecule has 1 N–H and O–H groups in total. The van der Waals surface area contributed by atoms with Crippen LogP contribution in [0.5, 0.6) is 0 Å². The number of aliphatic carboxylic acids is 1. The number of anilines is 1. The van der Waals surface area contributed by atoms with Crippen LogP contribution in [0.3, 0.4) is 0 Å². The van der Waals surface area contributed by atoms with Gasteiger partial charge in [-0.15, -0.1) is 0 Å². The summed E-state index contributed by atoms with van der Waals surface area (Å²) in [5, 5.41) is 7.12. The number of carboxylic acid groups (broad SMARTS) is 1. The fourth-order valence-electron chi connectivity index (χ4n) is 3.41. The van der Waals surface area contributed by atoms with Crippen LogP contribution in [0.4, 0.5) is 36.8 Å². The number of hydrogen-bond donors (Lipinski definition) is 1. The van der Waals surface area contributed by atoms with Gasteiger partial charge in [0.2, 0.25) is 0 Å². The molecule has 1 aromatic carbocycles. The molecular weight excluding hydrogens is 504 g/mol. The number of benzene rings is 1. The number of amides is 3. The molecule has 14 heteroatoms. The molecule has 1 spiro atoms. The van der Waals surface area contributed by atoms with Crippen molar-refractivity contribution in [2.24, 2.45) is 0 Å². The van der Waals surface area contributed by atoms with E-state index < -0.39 is 29.2 Å². The van der Waals surface area contributed by atoms with E-state index in [-0.39, 0.29) is 34.8 Å². The zero-order valence-electron chi connectivity index (χ0n) is 17.9. The van der Waals surface area contributed by atoms with Crippen molar-refractivity contribution in [3.63, 3.8) is 0 Å². The first kappa shape index (κ1) is 26.3. The fraction of sp³-hybridized carbons (Fsp3) is 0.333. The molecule has 2 aliphatic rings. The minimum Gasteiger partial charge on any atom is -0.475 e. The third-order valence-corrected chi connectivity index (χ3v) is 6.04. The molecule has 3 amide bonds. The normalized spacial score (nSPS) is 16.9. The van der Waals surface area contributed by atoms with Crippen LogP contribution in [-0.4, -0.2) is 50.1 Å². The van der Waals surface area contributed by atoms with Gasteiger partial charge in [-0.1, -0.05) is 0 Å². The molecule has 0 bridgehead atoms. The Bertz CT molecular complexity index is 1130. The van der Waals surface area contributed by atoms with Gasteiger partial charge < -0.3 is 10.0 Å². The Hall–Kier alpha value is -3.29. The third-order valence-electron chi connectivity index (χ3n) is 5.30. The van der Waals surface area contributed by atoms with Crippen molar-refractivity contribution >= 4 is 35.4 Å². The maximum absolute atomic E-state index is 13.0. The van der Waals surface area contributed by atoms with E-state index in [0.717, 1.165) is 16.0 Å². The maximum Gasteiger partial charge on any atom is 0.490 e. The highest BCUT2D eigenvalue weighted by Crippen LogP contribution is 2.50. The number of hydrogen-bond acceptors (Lipinski definition) is 5. The van der Waals surface area contributed by atoms with E-state index in [9.17, 15) is 35.9 Å². The number of halogens is 6. The first-order valence-corrected chi connectivity index (χ1v) is 10.7. The lowest BCUT2D eigenvalue weighted by Crippen LogP contribution is -2.36. The quantitative estimate of drug-likeness (QED) is 0.341. The van der Waals surface area contributed by atoms with Gasteiger partial charge in [0.25, 0.3) is 5.91 Å². The van der Waals surface area contributed by atoms with Crippen LogP contribution in [0.2, 0.25) is 0 Å². The predicted octanol–water partition coefficient (Wildman–Crippen LogP) is 5.14. The number of pyridine rings is 1. The highest BCUT2D eigenvalue weighted by molar-refractivity contribution is 8.00. The van der Waals surface area contributed by atoms with Crippen molar-refractivity contribution in [3.8, 4) is 0 Å². The number of thioether (sulfide) groups is 1. The van der Waals surface area contributed by atoms with Crippen molar-refractivity contribution in [2.75, 3.05) is 4.90 Å². The van der Waals surface area contributed by atoms with Crippen molar-refractivity contribution in [3.05, 3.63) is 53.9 Å². The standard InChI is InChI=1S/C19H16F3N3O2S.C2HF3O2/c1-12-10-23-9-6-13(12)11-24-17(27)25(16(26)18(24)7-8-18)14-2-4-15(5-3-14)28-19(20,21)22;3-2(4,5)1(6)7/h2-6,9-10H,7-8,11H2,1H3;(H,6,7). The second-order valence-corrected chi connectivity index (χ2v) is 8.83. The largest absolute Gasteiger partial charge is 0.490 e. The number of carbonyl (C=O) groups is 3. The SMILES string of the molecule is Cc1cnccc1CN1C(=O)N(c2ccc(SC(F)(F)F)cc2)C(=O)C12CC2.O=C(O)C(F)(F)F.